The third-order valence-electron chi connectivity index (χ3n) is 4.24. The summed E-state index contributed by atoms with van der Waals surface area (Å²) in [5.74, 6) is -0.0669. The number of nitrogens with one attached hydrogen (secondary N) is 2. The maximum Gasteiger partial charge on any atom is 0.291 e. The van der Waals surface area contributed by atoms with Crippen molar-refractivity contribution >= 4 is 35.2 Å². The fraction of sp³-hybridized carbons (Fsp3) is 0.0455. The van der Waals surface area contributed by atoms with Crippen LogP contribution in [0.15, 0.2) is 72.6 Å². The van der Waals surface area contributed by atoms with Crippen LogP contribution in [-0.4, -0.2) is 16.8 Å². The van der Waals surface area contributed by atoms with Crippen molar-refractivity contribution in [1.82, 2.24) is 10.3 Å². The van der Waals surface area contributed by atoms with Crippen molar-refractivity contribution in [2.75, 3.05) is 5.32 Å². The van der Waals surface area contributed by atoms with Crippen molar-refractivity contribution in [3.63, 3.8) is 0 Å². The largest absolute Gasteiger partial charge is 0.449 e. The highest BCUT2D eigenvalue weighted by Crippen LogP contribution is 2.32. The Labute approximate surface area is 172 Å². The molecule has 0 spiro atoms. The molecule has 0 unspecified atom stereocenters. The number of anilines is 1. The van der Waals surface area contributed by atoms with Crippen LogP contribution in [0.4, 0.5) is 5.69 Å². The first-order valence-electron chi connectivity index (χ1n) is 8.87. The first kappa shape index (κ1) is 18.7. The second kappa shape index (κ2) is 8.16. The van der Waals surface area contributed by atoms with E-state index < -0.39 is 5.91 Å². The van der Waals surface area contributed by atoms with Gasteiger partial charge in [0.25, 0.3) is 11.8 Å². The smallest absolute Gasteiger partial charge is 0.291 e. The average molecular weight is 406 g/mol. The van der Waals surface area contributed by atoms with E-state index in [0.717, 1.165) is 11.3 Å². The van der Waals surface area contributed by atoms with Gasteiger partial charge in [0.05, 0.1) is 17.9 Å². The summed E-state index contributed by atoms with van der Waals surface area (Å²) >= 11 is 5.98. The van der Waals surface area contributed by atoms with E-state index in [0.29, 0.717) is 28.6 Å². The number of aromatic nitrogens is 1. The van der Waals surface area contributed by atoms with Gasteiger partial charge in [0.1, 0.15) is 0 Å². The van der Waals surface area contributed by atoms with Gasteiger partial charge in [-0.15, -0.1) is 0 Å². The van der Waals surface area contributed by atoms with Crippen LogP contribution in [0.5, 0.6) is 5.75 Å². The molecule has 1 aliphatic heterocycles. The molecule has 0 radical (unpaired) electrons. The molecule has 0 saturated carbocycles. The van der Waals surface area contributed by atoms with E-state index in [1.807, 2.05) is 24.3 Å². The molecule has 0 atom stereocenters. The normalized spacial score (nSPS) is 14.0. The molecular weight excluding hydrogens is 390 g/mol. The molecule has 2 amide bonds. The maximum atomic E-state index is 12.4. The molecule has 0 aliphatic carbocycles. The summed E-state index contributed by atoms with van der Waals surface area (Å²) in [4.78, 5) is 29.0. The second-order valence-corrected chi connectivity index (χ2v) is 6.77. The Morgan fingerprint density at radius 1 is 1.14 bits per heavy atom. The van der Waals surface area contributed by atoms with Gasteiger partial charge < -0.3 is 15.4 Å². The Hall–Kier alpha value is -3.64. The van der Waals surface area contributed by atoms with Crippen molar-refractivity contribution in [3.05, 3.63) is 94.5 Å². The van der Waals surface area contributed by atoms with E-state index in [1.54, 1.807) is 48.7 Å². The number of halogens is 1. The molecule has 2 N–H and O–H groups in total. The van der Waals surface area contributed by atoms with E-state index in [4.69, 9.17) is 16.3 Å². The van der Waals surface area contributed by atoms with Crippen LogP contribution < -0.4 is 15.4 Å². The zero-order valence-electron chi connectivity index (χ0n) is 15.2. The van der Waals surface area contributed by atoms with E-state index in [2.05, 4.69) is 15.6 Å². The molecule has 4 rings (SSSR count). The molecule has 2 aromatic carbocycles. The van der Waals surface area contributed by atoms with Crippen LogP contribution in [0.25, 0.3) is 6.08 Å². The standard InChI is InChI=1S/C22H16ClN3O3/c23-16-5-3-4-14(10-16)11-20-22(28)26-18-12-15(7-8-19(18)29-20)21(27)25-13-17-6-1-2-9-24-17/h1-12H,13H2,(H,25,27)(H,26,28). The third kappa shape index (κ3) is 4.44. The minimum atomic E-state index is -0.400. The van der Waals surface area contributed by atoms with Gasteiger partial charge in [-0.25, -0.2) is 0 Å². The Morgan fingerprint density at radius 3 is 2.83 bits per heavy atom. The van der Waals surface area contributed by atoms with Crippen molar-refractivity contribution in [2.24, 2.45) is 0 Å². The molecule has 1 aliphatic rings. The van der Waals surface area contributed by atoms with Crippen LogP contribution >= 0.6 is 11.6 Å². The maximum absolute atomic E-state index is 12.4. The topological polar surface area (TPSA) is 80.3 Å². The van der Waals surface area contributed by atoms with Crippen LogP contribution in [-0.2, 0) is 11.3 Å². The number of hydrogen-bond acceptors (Lipinski definition) is 4. The number of benzene rings is 2. The molecule has 29 heavy (non-hydrogen) atoms. The molecule has 7 heteroatoms. The lowest BCUT2D eigenvalue weighted by Gasteiger charge is -2.20. The van der Waals surface area contributed by atoms with Gasteiger partial charge in [-0.1, -0.05) is 29.8 Å². The lowest BCUT2D eigenvalue weighted by atomic mass is 10.1. The molecule has 0 bridgehead atoms. The molecular formula is C22H16ClN3O3. The number of carbonyl (C=O) groups excluding carboxylic acids is 2. The number of rotatable bonds is 4. The van der Waals surface area contributed by atoms with Gasteiger partial charge in [-0.3, -0.25) is 14.6 Å². The van der Waals surface area contributed by atoms with Gasteiger partial charge in [-0.2, -0.15) is 0 Å². The lowest BCUT2D eigenvalue weighted by Crippen LogP contribution is -2.26. The minimum absolute atomic E-state index is 0.145. The lowest BCUT2D eigenvalue weighted by molar-refractivity contribution is -0.115. The Balaban J connectivity index is 1.49. The highest BCUT2D eigenvalue weighted by atomic mass is 35.5. The summed E-state index contributed by atoms with van der Waals surface area (Å²) in [6.45, 7) is 0.312. The van der Waals surface area contributed by atoms with Gasteiger partial charge in [-0.05, 0) is 54.1 Å². The zero-order valence-corrected chi connectivity index (χ0v) is 15.9. The van der Waals surface area contributed by atoms with Crippen LogP contribution in [0.3, 0.4) is 0 Å². The highest BCUT2D eigenvalue weighted by Gasteiger charge is 2.23. The number of ether oxygens (including phenoxy) is 1. The number of fused-ring (bicyclic) bond motifs is 1. The number of carbonyl (C=O) groups is 2. The van der Waals surface area contributed by atoms with E-state index >= 15 is 0 Å². The molecule has 0 saturated heterocycles. The summed E-state index contributed by atoms with van der Waals surface area (Å²) in [7, 11) is 0. The Morgan fingerprint density at radius 2 is 2.03 bits per heavy atom. The monoisotopic (exact) mass is 405 g/mol. The van der Waals surface area contributed by atoms with Crippen LogP contribution in [0.2, 0.25) is 5.02 Å². The summed E-state index contributed by atoms with van der Waals surface area (Å²) in [5.41, 5.74) is 2.34. The van der Waals surface area contributed by atoms with Crippen LogP contribution in [0, 0.1) is 0 Å². The molecule has 144 valence electrons. The number of amides is 2. The predicted molar refractivity (Wildman–Crippen MR) is 111 cm³/mol. The van der Waals surface area contributed by atoms with Crippen molar-refractivity contribution in [3.8, 4) is 5.75 Å². The van der Waals surface area contributed by atoms with Crippen molar-refractivity contribution in [2.45, 2.75) is 6.54 Å². The SMILES string of the molecule is O=C1Nc2cc(C(=O)NCc3ccccn3)ccc2OC1=Cc1cccc(Cl)c1. The quantitative estimate of drug-likeness (QED) is 0.642. The van der Waals surface area contributed by atoms with Gasteiger partial charge >= 0.3 is 0 Å². The molecule has 3 aromatic rings. The first-order chi connectivity index (χ1) is 14.1. The fourth-order valence-corrected chi connectivity index (χ4v) is 3.02. The molecule has 1 aromatic heterocycles. The van der Waals surface area contributed by atoms with E-state index in [1.165, 1.54) is 0 Å². The predicted octanol–water partition coefficient (Wildman–Crippen LogP) is 4.04. The summed E-state index contributed by atoms with van der Waals surface area (Å²) < 4.78 is 5.72. The minimum Gasteiger partial charge on any atom is -0.449 e. The summed E-state index contributed by atoms with van der Waals surface area (Å²) in [6, 6.07) is 17.5. The second-order valence-electron chi connectivity index (χ2n) is 6.33. The van der Waals surface area contributed by atoms with E-state index in [-0.39, 0.29) is 11.7 Å². The molecule has 2 heterocycles. The first-order valence-corrected chi connectivity index (χ1v) is 9.25. The van der Waals surface area contributed by atoms with Crippen molar-refractivity contribution in [1.29, 1.82) is 0 Å². The van der Waals surface area contributed by atoms with Crippen molar-refractivity contribution < 1.29 is 14.3 Å². The number of nitrogens with zero attached hydrogens (tertiary/aromatic N) is 1. The number of pyridine rings is 1. The van der Waals surface area contributed by atoms with Crippen LogP contribution in [0.1, 0.15) is 21.6 Å². The van der Waals surface area contributed by atoms with Gasteiger partial charge in [0.2, 0.25) is 0 Å². The van der Waals surface area contributed by atoms with Gasteiger partial charge in [0.15, 0.2) is 11.5 Å². The fourth-order valence-electron chi connectivity index (χ4n) is 2.82. The molecule has 0 fully saturated rings. The number of hydrogen-bond donors (Lipinski definition) is 2. The zero-order chi connectivity index (χ0) is 20.2. The Bertz CT molecular complexity index is 1110. The van der Waals surface area contributed by atoms with E-state index in [9.17, 15) is 9.59 Å². The van der Waals surface area contributed by atoms with Gasteiger partial charge in [0, 0.05) is 16.8 Å². The average Bonchev–Trinajstić information content (AvgIpc) is 2.73. The Kier molecular flexibility index (Phi) is 5.27. The summed E-state index contributed by atoms with van der Waals surface area (Å²) in [6.07, 6.45) is 3.28. The third-order valence-corrected chi connectivity index (χ3v) is 4.47. The molecule has 6 nitrogen and oxygen atoms in total. The highest BCUT2D eigenvalue weighted by molar-refractivity contribution is 6.30. The summed E-state index contributed by atoms with van der Waals surface area (Å²) in [5, 5.41) is 6.12.